The number of rotatable bonds is 29. The van der Waals surface area contributed by atoms with Crippen molar-refractivity contribution in [2.24, 2.45) is 0 Å². The van der Waals surface area contributed by atoms with Crippen molar-refractivity contribution in [3.63, 3.8) is 0 Å². The number of aliphatic hydroxyl groups excluding tert-OH is 5. The number of carbonyl (C=O) groups excluding carboxylic acids is 1. The number of nitrogens with one attached hydrogen (secondary N) is 1. The highest BCUT2D eigenvalue weighted by atomic mass is 16.7. The molecule has 0 aromatic carbocycles. The van der Waals surface area contributed by atoms with Crippen molar-refractivity contribution in [3.05, 3.63) is 85.1 Å². The van der Waals surface area contributed by atoms with Gasteiger partial charge in [-0.2, -0.15) is 0 Å². The van der Waals surface area contributed by atoms with Crippen LogP contribution >= 0.6 is 0 Å². The van der Waals surface area contributed by atoms with Gasteiger partial charge in [0.05, 0.1) is 25.4 Å². The van der Waals surface area contributed by atoms with Crippen LogP contribution in [0, 0.1) is 0 Å². The molecule has 7 unspecified atom stereocenters. The molecule has 1 aliphatic heterocycles. The van der Waals surface area contributed by atoms with Crippen molar-refractivity contribution in [2.75, 3.05) is 13.2 Å². The van der Waals surface area contributed by atoms with Gasteiger partial charge in [-0.25, -0.2) is 0 Å². The zero-order valence-corrected chi connectivity index (χ0v) is 31.3. The molecule has 9 nitrogen and oxygen atoms in total. The molecule has 0 aromatic rings. The van der Waals surface area contributed by atoms with Gasteiger partial charge >= 0.3 is 0 Å². The molecule has 51 heavy (non-hydrogen) atoms. The summed E-state index contributed by atoms with van der Waals surface area (Å²) in [6, 6.07) is -0.847. The summed E-state index contributed by atoms with van der Waals surface area (Å²) in [5.74, 6) is -0.267. The summed E-state index contributed by atoms with van der Waals surface area (Å²) in [6.07, 6.45) is 36.4. The minimum atomic E-state index is -1.58. The molecular formula is C42H69NO8. The SMILES string of the molecule is CC/C=C\C/C=C\C/C=C\C/C=C\C/C=C\C/C=C\CCC(=O)NC(COC1OC(CO)C(O)C(O)C1O)C(O)/C=C/CCCCCCCCC. The van der Waals surface area contributed by atoms with Crippen LogP contribution in [0.5, 0.6) is 0 Å². The van der Waals surface area contributed by atoms with Gasteiger partial charge in [0.2, 0.25) is 5.91 Å². The summed E-state index contributed by atoms with van der Waals surface area (Å²) in [5, 5.41) is 53.7. The summed E-state index contributed by atoms with van der Waals surface area (Å²) < 4.78 is 11.1. The Bertz CT molecular complexity index is 1060. The normalized spacial score (nSPS) is 23.0. The van der Waals surface area contributed by atoms with E-state index >= 15 is 0 Å². The lowest BCUT2D eigenvalue weighted by atomic mass is 9.99. The molecule has 290 valence electrons. The topological polar surface area (TPSA) is 149 Å². The molecule has 0 aromatic heterocycles. The summed E-state index contributed by atoms with van der Waals surface area (Å²) >= 11 is 0. The van der Waals surface area contributed by atoms with Gasteiger partial charge in [0.1, 0.15) is 24.4 Å². The fraction of sp³-hybridized carbons (Fsp3) is 0.643. The predicted octanol–water partition coefficient (Wildman–Crippen LogP) is 6.82. The van der Waals surface area contributed by atoms with Crippen molar-refractivity contribution in [3.8, 4) is 0 Å². The molecule has 0 saturated carbocycles. The van der Waals surface area contributed by atoms with E-state index in [1.807, 2.05) is 18.2 Å². The lowest BCUT2D eigenvalue weighted by Gasteiger charge is -2.40. The molecule has 9 heteroatoms. The lowest BCUT2D eigenvalue weighted by molar-refractivity contribution is -0.302. The van der Waals surface area contributed by atoms with E-state index in [-0.39, 0.29) is 18.9 Å². The van der Waals surface area contributed by atoms with Crippen molar-refractivity contribution < 1.29 is 39.8 Å². The number of aliphatic hydroxyl groups is 5. The molecule has 0 spiro atoms. The molecule has 1 rings (SSSR count). The van der Waals surface area contributed by atoms with E-state index in [1.165, 1.54) is 32.1 Å². The van der Waals surface area contributed by atoms with Gasteiger partial charge in [-0.3, -0.25) is 4.79 Å². The molecule has 7 atom stereocenters. The molecular weight excluding hydrogens is 646 g/mol. The van der Waals surface area contributed by atoms with Crippen LogP contribution in [-0.4, -0.2) is 87.5 Å². The van der Waals surface area contributed by atoms with E-state index in [4.69, 9.17) is 9.47 Å². The van der Waals surface area contributed by atoms with E-state index in [0.717, 1.165) is 57.8 Å². The summed E-state index contributed by atoms with van der Waals surface area (Å²) in [7, 11) is 0. The third-order valence-electron chi connectivity index (χ3n) is 8.49. The fourth-order valence-electron chi connectivity index (χ4n) is 5.35. The number of carbonyl (C=O) groups is 1. The third kappa shape index (κ3) is 23.5. The Labute approximate surface area is 308 Å². The molecule has 0 radical (unpaired) electrons. The molecule has 0 bridgehead atoms. The Morgan fingerprint density at radius 3 is 1.76 bits per heavy atom. The Balaban J connectivity index is 2.49. The van der Waals surface area contributed by atoms with Crippen molar-refractivity contribution in [1.29, 1.82) is 0 Å². The number of allylic oxidation sites excluding steroid dienone is 13. The van der Waals surface area contributed by atoms with E-state index in [0.29, 0.717) is 6.42 Å². The number of ether oxygens (including phenoxy) is 2. The molecule has 1 aliphatic rings. The Hall–Kier alpha value is -2.63. The van der Waals surface area contributed by atoms with Crippen LogP contribution in [0.3, 0.4) is 0 Å². The van der Waals surface area contributed by atoms with Crippen molar-refractivity contribution >= 4 is 5.91 Å². The minimum Gasteiger partial charge on any atom is -0.394 e. The second kappa shape index (κ2) is 32.1. The first-order chi connectivity index (χ1) is 24.8. The Morgan fingerprint density at radius 2 is 1.22 bits per heavy atom. The van der Waals surface area contributed by atoms with E-state index < -0.39 is 49.5 Å². The first kappa shape index (κ1) is 46.4. The molecule has 6 N–H and O–H groups in total. The van der Waals surface area contributed by atoms with Gasteiger partial charge in [0, 0.05) is 6.42 Å². The van der Waals surface area contributed by atoms with Gasteiger partial charge in [0.25, 0.3) is 0 Å². The predicted molar refractivity (Wildman–Crippen MR) is 207 cm³/mol. The number of hydrogen-bond donors (Lipinski definition) is 6. The summed E-state index contributed by atoms with van der Waals surface area (Å²) in [6.45, 7) is 3.54. The quantitative estimate of drug-likeness (QED) is 0.0365. The lowest BCUT2D eigenvalue weighted by Crippen LogP contribution is -2.60. The maximum Gasteiger partial charge on any atom is 0.220 e. The molecule has 1 amide bonds. The van der Waals surface area contributed by atoms with Crippen LogP contribution in [0.25, 0.3) is 0 Å². The van der Waals surface area contributed by atoms with Gasteiger partial charge < -0.3 is 40.3 Å². The first-order valence-electron chi connectivity index (χ1n) is 19.3. The van der Waals surface area contributed by atoms with Gasteiger partial charge in [-0.15, -0.1) is 0 Å². The highest BCUT2D eigenvalue weighted by molar-refractivity contribution is 5.76. The molecule has 1 heterocycles. The number of amides is 1. The molecule has 1 saturated heterocycles. The minimum absolute atomic E-state index is 0.215. The number of unbranched alkanes of at least 4 members (excludes halogenated alkanes) is 7. The maximum atomic E-state index is 12.8. The highest BCUT2D eigenvalue weighted by Crippen LogP contribution is 2.22. The van der Waals surface area contributed by atoms with Crippen LogP contribution in [0.1, 0.15) is 117 Å². The number of hydrogen-bond acceptors (Lipinski definition) is 8. The van der Waals surface area contributed by atoms with Crippen molar-refractivity contribution in [2.45, 2.75) is 159 Å². The highest BCUT2D eigenvalue weighted by Gasteiger charge is 2.44. The second-order valence-corrected chi connectivity index (χ2v) is 13.0. The zero-order valence-electron chi connectivity index (χ0n) is 31.3. The zero-order chi connectivity index (χ0) is 37.4. The van der Waals surface area contributed by atoms with Gasteiger partial charge in [0.15, 0.2) is 6.29 Å². The Kier molecular flexibility index (Phi) is 29.2. The van der Waals surface area contributed by atoms with E-state index in [1.54, 1.807) is 6.08 Å². The van der Waals surface area contributed by atoms with Crippen LogP contribution in [0.2, 0.25) is 0 Å². The molecule has 0 aliphatic carbocycles. The monoisotopic (exact) mass is 716 g/mol. The molecule has 1 fully saturated rings. The van der Waals surface area contributed by atoms with E-state index in [9.17, 15) is 30.3 Å². The maximum absolute atomic E-state index is 12.8. The summed E-state index contributed by atoms with van der Waals surface area (Å²) in [5.41, 5.74) is 0. The first-order valence-corrected chi connectivity index (χ1v) is 19.3. The third-order valence-corrected chi connectivity index (χ3v) is 8.49. The standard InChI is InChI=1S/C42H69NO8/c1-3-5-7-9-11-13-14-15-16-17-18-19-20-21-22-24-26-28-30-32-38(46)43-35(36(45)31-29-27-25-23-12-10-8-6-4-2)34-50-42-41(49)40(48)39(47)37(33-44)51-42/h5,7,11,13,15-16,18-19,21-22,26,28-29,31,35-37,39-42,44-45,47-49H,3-4,6,8-10,12,14,17,20,23-25,27,30,32-34H2,1-2H3,(H,43,46)/b7-5-,13-11-,16-15-,19-18-,22-21-,28-26-,31-29+. The van der Waals surface area contributed by atoms with Gasteiger partial charge in [-0.1, -0.05) is 137 Å². The van der Waals surface area contributed by atoms with Crippen LogP contribution in [0.15, 0.2) is 85.1 Å². The average molecular weight is 716 g/mol. The summed E-state index contributed by atoms with van der Waals surface area (Å²) in [4.78, 5) is 12.8. The van der Waals surface area contributed by atoms with Crippen LogP contribution in [-0.2, 0) is 14.3 Å². The van der Waals surface area contributed by atoms with E-state index in [2.05, 4.69) is 79.9 Å². The Morgan fingerprint density at radius 1 is 0.686 bits per heavy atom. The smallest absolute Gasteiger partial charge is 0.220 e. The van der Waals surface area contributed by atoms with Gasteiger partial charge in [-0.05, 0) is 57.8 Å². The van der Waals surface area contributed by atoms with Crippen molar-refractivity contribution in [1.82, 2.24) is 5.32 Å². The fourth-order valence-corrected chi connectivity index (χ4v) is 5.35. The largest absolute Gasteiger partial charge is 0.394 e. The second-order valence-electron chi connectivity index (χ2n) is 13.0. The average Bonchev–Trinajstić information content (AvgIpc) is 3.13. The van der Waals surface area contributed by atoms with Crippen LogP contribution in [0.4, 0.5) is 0 Å². The van der Waals surface area contributed by atoms with Crippen LogP contribution < -0.4 is 5.32 Å².